The van der Waals surface area contributed by atoms with Crippen molar-refractivity contribution in [3.05, 3.63) is 88.8 Å². The fourth-order valence-electron chi connectivity index (χ4n) is 4.89. The topological polar surface area (TPSA) is 112 Å². The van der Waals surface area contributed by atoms with Crippen LogP contribution in [0.25, 0.3) is 22.0 Å². The highest BCUT2D eigenvalue weighted by Gasteiger charge is 2.41. The van der Waals surface area contributed by atoms with Gasteiger partial charge in [-0.3, -0.25) is 9.59 Å². The van der Waals surface area contributed by atoms with Crippen LogP contribution in [0.5, 0.6) is 0 Å². The van der Waals surface area contributed by atoms with Gasteiger partial charge in [-0.15, -0.1) is 0 Å². The molecule has 37 heavy (non-hydrogen) atoms. The molecule has 1 saturated heterocycles. The third-order valence-electron chi connectivity index (χ3n) is 7.43. The highest BCUT2D eigenvalue weighted by Crippen LogP contribution is 2.40. The number of anilines is 1. The molecule has 1 amide bonds. The molecule has 2 aromatic heterocycles. The van der Waals surface area contributed by atoms with Gasteiger partial charge >= 0.3 is 0 Å². The molecule has 8 nitrogen and oxygen atoms in total. The van der Waals surface area contributed by atoms with E-state index in [1.165, 1.54) is 12.3 Å². The number of hydrogen-bond acceptors (Lipinski definition) is 6. The van der Waals surface area contributed by atoms with Crippen molar-refractivity contribution < 1.29 is 13.2 Å². The summed E-state index contributed by atoms with van der Waals surface area (Å²) in [4.78, 5) is 34.3. The summed E-state index contributed by atoms with van der Waals surface area (Å²) in [6, 6.07) is 19.9. The van der Waals surface area contributed by atoms with E-state index in [0.717, 1.165) is 28.8 Å². The van der Waals surface area contributed by atoms with Crippen molar-refractivity contribution >= 4 is 32.5 Å². The van der Waals surface area contributed by atoms with Crippen LogP contribution in [-0.2, 0) is 10.0 Å². The van der Waals surface area contributed by atoms with Crippen LogP contribution in [-0.4, -0.2) is 36.4 Å². The normalized spacial score (nSPS) is 17.2. The third-order valence-corrected chi connectivity index (χ3v) is 8.78. The lowest BCUT2D eigenvalue weighted by molar-refractivity contribution is 0.0981. The molecule has 1 unspecified atom stereocenters. The average molecular weight is 517 g/mol. The summed E-state index contributed by atoms with van der Waals surface area (Å²) < 4.78 is 27.9. The SMILES string of the molecule is CC1CCN(c2nc(-c3cccc4ccccc34)ccc2C(=O)NS(=O)(=O)c2ccc[nH]c2=O)C1(C)C. The number of sulfonamides is 1. The maximum Gasteiger partial charge on any atom is 0.269 e. The molecule has 3 heterocycles. The number of carbonyl (C=O) groups is 1. The van der Waals surface area contributed by atoms with Crippen molar-refractivity contribution in [2.24, 2.45) is 5.92 Å². The van der Waals surface area contributed by atoms with Gasteiger partial charge in [-0.05, 0) is 61.2 Å². The Labute approximate surface area is 215 Å². The number of nitrogens with zero attached hydrogens (tertiary/aromatic N) is 2. The van der Waals surface area contributed by atoms with Crippen molar-refractivity contribution in [1.29, 1.82) is 0 Å². The van der Waals surface area contributed by atoms with Gasteiger partial charge in [-0.2, -0.15) is 0 Å². The van der Waals surface area contributed by atoms with Gasteiger partial charge in [0.2, 0.25) is 0 Å². The Balaban J connectivity index is 1.63. The number of aromatic nitrogens is 2. The number of hydrogen-bond donors (Lipinski definition) is 2. The van der Waals surface area contributed by atoms with E-state index in [0.29, 0.717) is 24.0 Å². The number of H-pyrrole nitrogens is 1. The second-order valence-corrected chi connectivity index (χ2v) is 11.5. The van der Waals surface area contributed by atoms with Crippen LogP contribution in [0.4, 0.5) is 5.82 Å². The minimum atomic E-state index is -4.40. The summed E-state index contributed by atoms with van der Waals surface area (Å²) in [6.45, 7) is 7.02. The van der Waals surface area contributed by atoms with E-state index in [-0.39, 0.29) is 11.1 Å². The first-order valence-electron chi connectivity index (χ1n) is 12.1. The zero-order valence-corrected chi connectivity index (χ0v) is 21.7. The lowest BCUT2D eigenvalue weighted by Crippen LogP contribution is -2.44. The number of amides is 1. The molecule has 2 N–H and O–H groups in total. The summed E-state index contributed by atoms with van der Waals surface area (Å²) in [5.74, 6) is -0.0990. The van der Waals surface area contributed by atoms with Crippen molar-refractivity contribution in [2.45, 2.75) is 37.6 Å². The molecule has 0 radical (unpaired) electrons. The Morgan fingerprint density at radius 3 is 2.54 bits per heavy atom. The predicted octanol–water partition coefficient (Wildman–Crippen LogP) is 4.33. The van der Waals surface area contributed by atoms with Crippen LogP contribution < -0.4 is 15.2 Å². The molecule has 1 atom stereocenters. The molecule has 190 valence electrons. The molecule has 9 heteroatoms. The smallest absolute Gasteiger partial charge is 0.269 e. The van der Waals surface area contributed by atoms with Crippen LogP contribution in [0.1, 0.15) is 37.6 Å². The number of rotatable bonds is 5. The van der Waals surface area contributed by atoms with E-state index in [1.54, 1.807) is 12.1 Å². The fraction of sp³-hybridized carbons (Fsp3) is 0.250. The van der Waals surface area contributed by atoms with Gasteiger partial charge in [-0.25, -0.2) is 18.1 Å². The minimum Gasteiger partial charge on any atom is -0.351 e. The number of pyridine rings is 2. The van der Waals surface area contributed by atoms with E-state index in [2.05, 4.69) is 35.4 Å². The number of benzene rings is 2. The lowest BCUT2D eigenvalue weighted by Gasteiger charge is -2.36. The maximum atomic E-state index is 13.4. The molecule has 0 bridgehead atoms. The first-order valence-corrected chi connectivity index (χ1v) is 13.6. The molecule has 0 aliphatic carbocycles. The van der Waals surface area contributed by atoms with Gasteiger partial charge in [0.05, 0.1) is 11.3 Å². The average Bonchev–Trinajstić information content (AvgIpc) is 3.14. The van der Waals surface area contributed by atoms with Gasteiger partial charge in [0, 0.05) is 23.8 Å². The predicted molar refractivity (Wildman–Crippen MR) is 144 cm³/mol. The summed E-state index contributed by atoms with van der Waals surface area (Å²) >= 11 is 0. The van der Waals surface area contributed by atoms with Crippen LogP contribution >= 0.6 is 0 Å². The molecular weight excluding hydrogens is 488 g/mol. The Hall–Kier alpha value is -3.98. The van der Waals surface area contributed by atoms with E-state index < -0.39 is 26.4 Å². The number of nitrogens with one attached hydrogen (secondary N) is 2. The van der Waals surface area contributed by atoms with Gasteiger partial charge in [0.25, 0.3) is 21.5 Å². The van der Waals surface area contributed by atoms with Gasteiger partial charge in [0.15, 0.2) is 4.90 Å². The molecule has 1 aliphatic rings. The second kappa shape index (κ2) is 9.15. The van der Waals surface area contributed by atoms with Crippen LogP contribution in [0.15, 0.2) is 82.6 Å². The number of fused-ring (bicyclic) bond motifs is 1. The van der Waals surface area contributed by atoms with E-state index in [1.807, 2.05) is 42.5 Å². The molecule has 2 aromatic carbocycles. The van der Waals surface area contributed by atoms with Crippen molar-refractivity contribution in [1.82, 2.24) is 14.7 Å². The first-order chi connectivity index (χ1) is 17.6. The summed E-state index contributed by atoms with van der Waals surface area (Å²) in [5.41, 5.74) is 0.611. The quantitative estimate of drug-likeness (QED) is 0.408. The molecule has 0 spiro atoms. The Morgan fingerprint density at radius 1 is 1.05 bits per heavy atom. The standard InChI is InChI=1S/C28H28N4O4S/c1-18-15-17-32(28(18,2)3)25-22(26(33)31-37(35,36)24-12-7-16-29-27(24)34)13-14-23(30-25)21-11-6-9-19-8-4-5-10-20(19)21/h4-14,16,18H,15,17H2,1-3H3,(H,29,34)(H,31,33). The van der Waals surface area contributed by atoms with Crippen molar-refractivity contribution in [3.63, 3.8) is 0 Å². The zero-order chi connectivity index (χ0) is 26.4. The third kappa shape index (κ3) is 4.40. The Kier molecular flexibility index (Phi) is 6.11. The molecule has 1 aliphatic heterocycles. The summed E-state index contributed by atoms with van der Waals surface area (Å²) in [7, 11) is -4.40. The lowest BCUT2D eigenvalue weighted by atomic mass is 9.90. The largest absolute Gasteiger partial charge is 0.351 e. The van der Waals surface area contributed by atoms with Crippen molar-refractivity contribution in [2.75, 3.05) is 11.4 Å². The van der Waals surface area contributed by atoms with Crippen molar-refractivity contribution in [3.8, 4) is 11.3 Å². The second-order valence-electron chi connectivity index (χ2n) is 9.89. The highest BCUT2D eigenvalue weighted by atomic mass is 32.2. The first kappa shape index (κ1) is 24.7. The van der Waals surface area contributed by atoms with Crippen LogP contribution in [0, 0.1) is 5.92 Å². The minimum absolute atomic E-state index is 0.127. The van der Waals surface area contributed by atoms with Crippen LogP contribution in [0.3, 0.4) is 0 Å². The maximum absolute atomic E-state index is 13.4. The van der Waals surface area contributed by atoms with Gasteiger partial charge in [-0.1, -0.05) is 49.4 Å². The summed E-state index contributed by atoms with van der Waals surface area (Å²) in [5, 5.41) is 2.10. The Bertz CT molecular complexity index is 1670. The number of carbonyl (C=O) groups excluding carboxylic acids is 1. The Morgan fingerprint density at radius 2 is 1.81 bits per heavy atom. The van der Waals surface area contributed by atoms with E-state index >= 15 is 0 Å². The molecular formula is C28H28N4O4S. The van der Waals surface area contributed by atoms with Gasteiger partial charge in [0.1, 0.15) is 5.82 Å². The molecule has 1 fully saturated rings. The zero-order valence-electron chi connectivity index (χ0n) is 20.9. The highest BCUT2D eigenvalue weighted by molar-refractivity contribution is 7.90. The van der Waals surface area contributed by atoms with E-state index in [4.69, 9.17) is 4.98 Å². The molecule has 5 rings (SSSR count). The van der Waals surface area contributed by atoms with Crippen LogP contribution in [0.2, 0.25) is 0 Å². The monoisotopic (exact) mass is 516 g/mol. The summed E-state index contributed by atoms with van der Waals surface area (Å²) in [6.07, 6.45) is 2.24. The number of aromatic amines is 1. The fourth-order valence-corrected chi connectivity index (χ4v) is 5.91. The molecule has 4 aromatic rings. The van der Waals surface area contributed by atoms with E-state index in [9.17, 15) is 18.0 Å². The molecule has 0 saturated carbocycles. The van der Waals surface area contributed by atoms with Gasteiger partial charge < -0.3 is 9.88 Å².